The molecule has 0 unspecified atom stereocenters. The van der Waals surface area contributed by atoms with Crippen LogP contribution in [0.4, 0.5) is 5.82 Å². The predicted molar refractivity (Wildman–Crippen MR) is 77.7 cm³/mol. The van der Waals surface area contributed by atoms with E-state index in [2.05, 4.69) is 43.1 Å². The van der Waals surface area contributed by atoms with Gasteiger partial charge in [0.15, 0.2) is 5.82 Å². The average Bonchev–Trinajstić information content (AvgIpc) is 2.40. The van der Waals surface area contributed by atoms with E-state index in [4.69, 9.17) is 10.6 Å². The molecule has 1 aromatic heterocycles. The highest BCUT2D eigenvalue weighted by Gasteiger charge is 2.32. The van der Waals surface area contributed by atoms with Crippen LogP contribution in [0.3, 0.4) is 0 Å². The van der Waals surface area contributed by atoms with Crippen LogP contribution >= 0.6 is 0 Å². The molecule has 1 heterocycles. The molecule has 1 rings (SSSR count). The molecule has 0 radical (unpaired) electrons. The number of nitrogen functional groups attached to an aromatic ring is 1. The van der Waals surface area contributed by atoms with Crippen LogP contribution in [0.5, 0.6) is 0 Å². The maximum atomic E-state index is 5.69. The van der Waals surface area contributed by atoms with E-state index in [0.717, 1.165) is 25.0 Å². The lowest BCUT2D eigenvalue weighted by atomic mass is 9.95. The monoisotopic (exact) mass is 266 g/mol. The van der Waals surface area contributed by atoms with Crippen molar-refractivity contribution < 1.29 is 4.74 Å². The Morgan fingerprint density at radius 3 is 2.37 bits per heavy atom. The minimum absolute atomic E-state index is 0.432. The molecular formula is C14H26N4O. The largest absolute Gasteiger partial charge is 0.370 e. The smallest absolute Gasteiger partial charge is 0.162 e. The van der Waals surface area contributed by atoms with Crippen LogP contribution in [0.2, 0.25) is 0 Å². The first kappa shape index (κ1) is 15.9. The first-order chi connectivity index (χ1) is 9.01. The van der Waals surface area contributed by atoms with Crippen LogP contribution in [-0.2, 0) is 16.8 Å². The van der Waals surface area contributed by atoms with Gasteiger partial charge in [-0.2, -0.15) is 0 Å². The summed E-state index contributed by atoms with van der Waals surface area (Å²) in [5.41, 5.74) is 3.18. The molecule has 19 heavy (non-hydrogen) atoms. The molecule has 5 nitrogen and oxygen atoms in total. The Hall–Kier alpha value is -1.20. The van der Waals surface area contributed by atoms with Gasteiger partial charge >= 0.3 is 0 Å². The normalized spacial score (nSPS) is 11.9. The molecule has 0 aliphatic carbocycles. The number of aromatic nitrogens is 2. The van der Waals surface area contributed by atoms with Gasteiger partial charge in [-0.25, -0.2) is 15.8 Å². The van der Waals surface area contributed by atoms with E-state index in [1.54, 1.807) is 7.11 Å². The van der Waals surface area contributed by atoms with E-state index in [9.17, 15) is 0 Å². The summed E-state index contributed by atoms with van der Waals surface area (Å²) in [7, 11) is 1.71. The van der Waals surface area contributed by atoms with Gasteiger partial charge < -0.3 is 10.2 Å². The number of nitrogens with zero attached hydrogens (tertiary/aromatic N) is 2. The van der Waals surface area contributed by atoms with Gasteiger partial charge in [-0.3, -0.25) is 0 Å². The summed E-state index contributed by atoms with van der Waals surface area (Å²) in [5, 5.41) is 0. The number of methoxy groups -OCH3 is 1. The third-order valence-corrected chi connectivity index (χ3v) is 3.48. The molecule has 1 aromatic rings. The highest BCUT2D eigenvalue weighted by molar-refractivity contribution is 5.35. The Labute approximate surface area is 115 Å². The van der Waals surface area contributed by atoms with Crippen LogP contribution < -0.4 is 11.3 Å². The zero-order valence-corrected chi connectivity index (χ0v) is 12.7. The van der Waals surface area contributed by atoms with Crippen LogP contribution in [0.15, 0.2) is 6.07 Å². The molecule has 108 valence electrons. The molecule has 0 amide bonds. The summed E-state index contributed by atoms with van der Waals surface area (Å²) in [5.74, 6) is 7.40. The molecule has 0 bridgehead atoms. The predicted octanol–water partition coefficient (Wildman–Crippen LogP) is 2.62. The Morgan fingerprint density at radius 1 is 1.32 bits per heavy atom. The lowest BCUT2D eigenvalue weighted by Gasteiger charge is -2.29. The lowest BCUT2D eigenvalue weighted by molar-refractivity contribution is -0.0292. The second-order valence-electron chi connectivity index (χ2n) is 5.22. The summed E-state index contributed by atoms with van der Waals surface area (Å²) < 4.78 is 5.69. The molecular weight excluding hydrogens is 240 g/mol. The zero-order valence-electron chi connectivity index (χ0n) is 12.7. The standard InChI is InChI=1S/C14H26N4O/c1-6-14(7-2,19-5)13-16-11(8-10(3)4)9-12(17-13)18-15/h9-10H,6-8,15H2,1-5H3,(H,16,17,18). The molecule has 0 aromatic carbocycles. The van der Waals surface area contributed by atoms with Gasteiger partial charge in [-0.05, 0) is 25.2 Å². The Bertz CT molecular complexity index is 394. The van der Waals surface area contributed by atoms with Gasteiger partial charge in [0.05, 0.1) is 0 Å². The van der Waals surface area contributed by atoms with Crippen LogP contribution in [0.1, 0.15) is 52.1 Å². The fraction of sp³-hybridized carbons (Fsp3) is 0.714. The maximum absolute atomic E-state index is 5.69. The molecule has 5 heteroatoms. The first-order valence-electron chi connectivity index (χ1n) is 6.91. The van der Waals surface area contributed by atoms with E-state index in [-0.39, 0.29) is 0 Å². The van der Waals surface area contributed by atoms with E-state index in [1.807, 2.05) is 6.07 Å². The van der Waals surface area contributed by atoms with E-state index in [1.165, 1.54) is 0 Å². The lowest BCUT2D eigenvalue weighted by Crippen LogP contribution is -2.30. The van der Waals surface area contributed by atoms with Crippen molar-refractivity contribution in [1.82, 2.24) is 9.97 Å². The summed E-state index contributed by atoms with van der Waals surface area (Å²) >= 11 is 0. The number of nitrogens with one attached hydrogen (secondary N) is 1. The highest BCUT2D eigenvalue weighted by Crippen LogP contribution is 2.30. The molecule has 0 aliphatic heterocycles. The third kappa shape index (κ3) is 3.64. The van der Waals surface area contributed by atoms with Crippen molar-refractivity contribution in [1.29, 1.82) is 0 Å². The Kier molecular flexibility index (Phi) is 5.69. The van der Waals surface area contributed by atoms with Crippen molar-refractivity contribution in [3.05, 3.63) is 17.6 Å². The van der Waals surface area contributed by atoms with Crippen molar-refractivity contribution in [2.75, 3.05) is 12.5 Å². The second-order valence-corrected chi connectivity index (χ2v) is 5.22. The van der Waals surface area contributed by atoms with Crippen molar-refractivity contribution in [2.45, 2.75) is 52.6 Å². The molecule has 0 spiro atoms. The third-order valence-electron chi connectivity index (χ3n) is 3.48. The highest BCUT2D eigenvalue weighted by atomic mass is 16.5. The number of rotatable bonds is 7. The van der Waals surface area contributed by atoms with Gasteiger partial charge in [0.2, 0.25) is 0 Å². The number of hydrogen-bond donors (Lipinski definition) is 2. The summed E-state index contributed by atoms with van der Waals surface area (Å²) in [6.07, 6.45) is 2.56. The van der Waals surface area contributed by atoms with Gasteiger partial charge in [0.1, 0.15) is 11.4 Å². The van der Waals surface area contributed by atoms with Crippen molar-refractivity contribution >= 4 is 5.82 Å². The molecule has 0 atom stereocenters. The van der Waals surface area contributed by atoms with E-state index < -0.39 is 5.60 Å². The minimum Gasteiger partial charge on any atom is -0.370 e. The summed E-state index contributed by atoms with van der Waals surface area (Å²) in [6.45, 7) is 8.50. The van der Waals surface area contributed by atoms with Crippen molar-refractivity contribution in [3.8, 4) is 0 Å². The Morgan fingerprint density at radius 2 is 1.95 bits per heavy atom. The van der Waals surface area contributed by atoms with Crippen LogP contribution in [-0.4, -0.2) is 17.1 Å². The van der Waals surface area contributed by atoms with Gasteiger partial charge in [0.25, 0.3) is 0 Å². The van der Waals surface area contributed by atoms with Gasteiger partial charge in [0, 0.05) is 18.9 Å². The molecule has 0 fully saturated rings. The van der Waals surface area contributed by atoms with Crippen LogP contribution in [0.25, 0.3) is 0 Å². The number of anilines is 1. The molecule has 0 saturated carbocycles. The van der Waals surface area contributed by atoms with Crippen molar-refractivity contribution in [3.63, 3.8) is 0 Å². The second kappa shape index (κ2) is 6.82. The molecule has 0 aliphatic rings. The quantitative estimate of drug-likeness (QED) is 0.586. The zero-order chi connectivity index (χ0) is 14.5. The fourth-order valence-electron chi connectivity index (χ4n) is 2.24. The molecule has 3 N–H and O–H groups in total. The van der Waals surface area contributed by atoms with E-state index >= 15 is 0 Å². The summed E-state index contributed by atoms with van der Waals surface area (Å²) in [6, 6.07) is 1.90. The van der Waals surface area contributed by atoms with Crippen molar-refractivity contribution in [2.24, 2.45) is 11.8 Å². The summed E-state index contributed by atoms with van der Waals surface area (Å²) in [4.78, 5) is 9.15. The number of hydrogen-bond acceptors (Lipinski definition) is 5. The van der Waals surface area contributed by atoms with E-state index in [0.29, 0.717) is 17.6 Å². The topological polar surface area (TPSA) is 73.1 Å². The first-order valence-corrected chi connectivity index (χ1v) is 6.91. The van der Waals surface area contributed by atoms with Gasteiger partial charge in [-0.1, -0.05) is 27.7 Å². The molecule has 0 saturated heterocycles. The number of nitrogens with two attached hydrogens (primary N) is 1. The SMILES string of the molecule is CCC(CC)(OC)c1nc(CC(C)C)cc(NN)n1. The number of ether oxygens (including phenoxy) is 1. The minimum atomic E-state index is -0.432. The maximum Gasteiger partial charge on any atom is 0.162 e. The average molecular weight is 266 g/mol. The Balaban J connectivity index is 3.25. The van der Waals surface area contributed by atoms with Crippen LogP contribution in [0, 0.1) is 5.92 Å². The fourth-order valence-corrected chi connectivity index (χ4v) is 2.24. The number of hydrazine groups is 1. The van der Waals surface area contributed by atoms with Gasteiger partial charge in [-0.15, -0.1) is 0 Å².